The summed E-state index contributed by atoms with van der Waals surface area (Å²) in [6.07, 6.45) is -0.987. The number of carboxylic acid groups (broad SMARTS) is 1. The number of carbonyl (C=O) groups is 2. The number of amides is 1. The number of rotatable bonds is 5. The number of aliphatic hydroxyl groups is 1. The van der Waals surface area contributed by atoms with Gasteiger partial charge in [0.15, 0.2) is 6.04 Å². The van der Waals surface area contributed by atoms with E-state index in [1.54, 1.807) is 6.07 Å². The Balaban J connectivity index is 2.52. The largest absolute Gasteiger partial charge is 0.480 e. The van der Waals surface area contributed by atoms with Crippen LogP contribution in [0, 0.1) is 0 Å². The van der Waals surface area contributed by atoms with Crippen LogP contribution >= 0.6 is 11.3 Å². The molecule has 2 atom stereocenters. The first-order valence-electron chi connectivity index (χ1n) is 4.73. The minimum Gasteiger partial charge on any atom is -0.480 e. The highest BCUT2D eigenvalue weighted by molar-refractivity contribution is 7.10. The highest BCUT2D eigenvalue weighted by Crippen LogP contribution is 2.09. The maximum atomic E-state index is 11.5. The van der Waals surface area contributed by atoms with Crippen LogP contribution in [0.2, 0.25) is 0 Å². The highest BCUT2D eigenvalue weighted by Gasteiger charge is 2.24. The van der Waals surface area contributed by atoms with Crippen molar-refractivity contribution in [3.8, 4) is 0 Å². The summed E-state index contributed by atoms with van der Waals surface area (Å²) in [6, 6.07) is 2.35. The lowest BCUT2D eigenvalue weighted by molar-refractivity contribution is -0.144. The fourth-order valence-corrected chi connectivity index (χ4v) is 1.89. The molecule has 0 unspecified atom stereocenters. The lowest BCUT2D eigenvalue weighted by Crippen LogP contribution is -2.48. The van der Waals surface area contributed by atoms with Crippen LogP contribution in [0.5, 0.6) is 0 Å². The van der Waals surface area contributed by atoms with Gasteiger partial charge >= 0.3 is 5.97 Å². The van der Waals surface area contributed by atoms with Gasteiger partial charge in [-0.1, -0.05) is 6.07 Å². The second-order valence-electron chi connectivity index (χ2n) is 3.38. The molecule has 0 aromatic carbocycles. The summed E-state index contributed by atoms with van der Waals surface area (Å²) >= 11 is 1.42. The number of carboxylic acids is 1. The van der Waals surface area contributed by atoms with Crippen molar-refractivity contribution in [2.45, 2.75) is 25.5 Å². The number of nitrogens with one attached hydrogen (secondary N) is 1. The van der Waals surface area contributed by atoms with Crippen molar-refractivity contribution >= 4 is 23.2 Å². The molecular weight excluding hydrogens is 230 g/mol. The molecule has 0 radical (unpaired) electrons. The molecule has 16 heavy (non-hydrogen) atoms. The van der Waals surface area contributed by atoms with E-state index in [2.05, 4.69) is 5.32 Å². The summed E-state index contributed by atoms with van der Waals surface area (Å²) in [4.78, 5) is 23.0. The molecular formula is C10H13NO4S. The van der Waals surface area contributed by atoms with Gasteiger partial charge in [0, 0.05) is 4.88 Å². The highest BCUT2D eigenvalue weighted by atomic mass is 32.1. The summed E-state index contributed by atoms with van der Waals surface area (Å²) in [5.74, 6) is -1.65. The van der Waals surface area contributed by atoms with Crippen molar-refractivity contribution in [2.24, 2.45) is 0 Å². The maximum absolute atomic E-state index is 11.5. The van der Waals surface area contributed by atoms with E-state index in [-0.39, 0.29) is 6.42 Å². The molecule has 1 amide bonds. The molecule has 1 heterocycles. The van der Waals surface area contributed by atoms with Crippen LogP contribution in [-0.4, -0.2) is 34.2 Å². The van der Waals surface area contributed by atoms with Crippen LogP contribution in [0.4, 0.5) is 0 Å². The summed E-state index contributed by atoms with van der Waals surface area (Å²) in [5.41, 5.74) is 0. The van der Waals surface area contributed by atoms with Crippen molar-refractivity contribution < 1.29 is 19.8 Å². The first kappa shape index (κ1) is 12.7. The van der Waals surface area contributed by atoms with Crippen LogP contribution in [0.3, 0.4) is 0 Å². The molecule has 0 spiro atoms. The van der Waals surface area contributed by atoms with Gasteiger partial charge in [-0.2, -0.15) is 0 Å². The number of aliphatic carboxylic acids is 1. The predicted octanol–water partition coefficient (Wildman–Crippen LogP) is 0.241. The van der Waals surface area contributed by atoms with E-state index in [9.17, 15) is 9.59 Å². The number of thiophene rings is 1. The normalized spacial score (nSPS) is 14.1. The zero-order valence-electron chi connectivity index (χ0n) is 8.71. The minimum atomic E-state index is -1.26. The first-order chi connectivity index (χ1) is 7.50. The molecule has 3 N–H and O–H groups in total. The molecule has 0 bridgehead atoms. The Morgan fingerprint density at radius 2 is 2.25 bits per heavy atom. The van der Waals surface area contributed by atoms with E-state index in [1.165, 1.54) is 18.3 Å². The van der Waals surface area contributed by atoms with Gasteiger partial charge in [0.2, 0.25) is 5.91 Å². The van der Waals surface area contributed by atoms with Gasteiger partial charge in [-0.3, -0.25) is 4.79 Å². The third-order valence-electron chi connectivity index (χ3n) is 1.98. The molecule has 0 saturated heterocycles. The van der Waals surface area contributed by atoms with Gasteiger partial charge in [-0.05, 0) is 18.4 Å². The van der Waals surface area contributed by atoms with E-state index >= 15 is 0 Å². The quantitative estimate of drug-likeness (QED) is 0.691. The molecule has 0 aliphatic carbocycles. The van der Waals surface area contributed by atoms with E-state index in [0.717, 1.165) is 4.88 Å². The average Bonchev–Trinajstić information content (AvgIpc) is 2.65. The Bertz CT molecular complexity index is 361. The van der Waals surface area contributed by atoms with Crippen molar-refractivity contribution in [1.82, 2.24) is 5.32 Å². The molecule has 88 valence electrons. The second kappa shape index (κ2) is 5.62. The van der Waals surface area contributed by atoms with Crippen LogP contribution < -0.4 is 5.32 Å². The Kier molecular flexibility index (Phi) is 4.45. The number of aliphatic hydroxyl groups excluding tert-OH is 1. The number of hydrogen-bond acceptors (Lipinski definition) is 4. The molecule has 1 aromatic heterocycles. The van der Waals surface area contributed by atoms with Gasteiger partial charge in [0.25, 0.3) is 0 Å². The van der Waals surface area contributed by atoms with Crippen LogP contribution in [0.15, 0.2) is 17.5 Å². The van der Waals surface area contributed by atoms with Crippen molar-refractivity contribution in [1.29, 1.82) is 0 Å². The molecule has 1 rings (SSSR count). The minimum absolute atomic E-state index is 0.133. The van der Waals surface area contributed by atoms with E-state index < -0.39 is 24.0 Å². The molecule has 0 saturated carbocycles. The van der Waals surface area contributed by atoms with Crippen LogP contribution in [-0.2, 0) is 16.0 Å². The van der Waals surface area contributed by atoms with Gasteiger partial charge in [0.05, 0.1) is 12.5 Å². The van der Waals surface area contributed by atoms with E-state index in [4.69, 9.17) is 10.2 Å². The monoisotopic (exact) mass is 243 g/mol. The molecule has 0 aliphatic rings. The third kappa shape index (κ3) is 3.63. The molecule has 1 aromatic rings. The van der Waals surface area contributed by atoms with Crippen LogP contribution in [0.25, 0.3) is 0 Å². The van der Waals surface area contributed by atoms with Gasteiger partial charge < -0.3 is 15.5 Å². The van der Waals surface area contributed by atoms with E-state index in [1.807, 2.05) is 11.4 Å². The molecule has 0 fully saturated rings. The van der Waals surface area contributed by atoms with Crippen LogP contribution in [0.1, 0.15) is 11.8 Å². The average molecular weight is 243 g/mol. The standard InChI is InChI=1S/C10H13NO4S/c1-6(12)9(10(14)15)11-8(13)5-7-3-2-4-16-7/h2-4,6,9,12H,5H2,1H3,(H,11,13)(H,14,15)/t6-,9+/m1/s1. The number of hydrogen-bond donors (Lipinski definition) is 3. The molecule has 0 aliphatic heterocycles. The van der Waals surface area contributed by atoms with Gasteiger partial charge in [-0.25, -0.2) is 4.79 Å². The zero-order chi connectivity index (χ0) is 12.1. The Morgan fingerprint density at radius 3 is 2.69 bits per heavy atom. The van der Waals surface area contributed by atoms with Crippen molar-refractivity contribution in [2.75, 3.05) is 0 Å². The zero-order valence-corrected chi connectivity index (χ0v) is 9.53. The Morgan fingerprint density at radius 1 is 1.56 bits per heavy atom. The number of carbonyl (C=O) groups excluding carboxylic acids is 1. The lowest BCUT2D eigenvalue weighted by atomic mass is 10.2. The SMILES string of the molecule is C[C@@H](O)[C@H](NC(=O)Cc1cccs1)C(=O)O. The third-order valence-corrected chi connectivity index (χ3v) is 2.86. The lowest BCUT2D eigenvalue weighted by Gasteiger charge is -2.16. The van der Waals surface area contributed by atoms with Gasteiger partial charge in [-0.15, -0.1) is 11.3 Å². The van der Waals surface area contributed by atoms with Gasteiger partial charge in [0.1, 0.15) is 0 Å². The fourth-order valence-electron chi connectivity index (χ4n) is 1.18. The summed E-state index contributed by atoms with van der Waals surface area (Å²) in [7, 11) is 0. The smallest absolute Gasteiger partial charge is 0.328 e. The second-order valence-corrected chi connectivity index (χ2v) is 4.41. The molecule has 6 heteroatoms. The summed E-state index contributed by atoms with van der Waals surface area (Å²) < 4.78 is 0. The summed E-state index contributed by atoms with van der Waals surface area (Å²) in [5, 5.41) is 22.0. The molecule has 5 nitrogen and oxygen atoms in total. The maximum Gasteiger partial charge on any atom is 0.328 e. The summed E-state index contributed by atoms with van der Waals surface area (Å²) in [6.45, 7) is 1.32. The van der Waals surface area contributed by atoms with Crippen molar-refractivity contribution in [3.05, 3.63) is 22.4 Å². The fraction of sp³-hybridized carbons (Fsp3) is 0.400. The predicted molar refractivity (Wildman–Crippen MR) is 59.3 cm³/mol. The Hall–Kier alpha value is -1.40. The van der Waals surface area contributed by atoms with Crippen molar-refractivity contribution in [3.63, 3.8) is 0 Å². The topological polar surface area (TPSA) is 86.6 Å². The first-order valence-corrected chi connectivity index (χ1v) is 5.61. The Labute approximate surface area is 96.7 Å². The van der Waals surface area contributed by atoms with E-state index in [0.29, 0.717) is 0 Å².